The van der Waals surface area contributed by atoms with Crippen molar-refractivity contribution in [2.75, 3.05) is 37.7 Å². The van der Waals surface area contributed by atoms with Gasteiger partial charge in [0.15, 0.2) is 39.5 Å². The Kier molecular flexibility index (Phi) is 11.5. The molecule has 0 spiro atoms. The van der Waals surface area contributed by atoms with Crippen molar-refractivity contribution in [3.63, 3.8) is 0 Å². The quantitative estimate of drug-likeness (QED) is 0.0373. The molecule has 1 aromatic carbocycles. The van der Waals surface area contributed by atoms with Crippen LogP contribution < -0.4 is 45.5 Å². The predicted octanol–water partition coefficient (Wildman–Crippen LogP) is -2.19. The van der Waals surface area contributed by atoms with Crippen LogP contribution in [0, 0.1) is 11.3 Å². The third-order valence-corrected chi connectivity index (χ3v) is 12.9. The van der Waals surface area contributed by atoms with Crippen molar-refractivity contribution in [1.82, 2.24) is 9.88 Å². The zero-order chi connectivity index (χ0) is 37.0. The first-order valence-corrected chi connectivity index (χ1v) is 18.5. The van der Waals surface area contributed by atoms with Crippen LogP contribution in [0.2, 0.25) is 5.02 Å². The molecule has 4 N–H and O–H groups in total. The van der Waals surface area contributed by atoms with E-state index in [1.54, 1.807) is 0 Å². The van der Waals surface area contributed by atoms with Gasteiger partial charge in [0.2, 0.25) is 5.91 Å². The van der Waals surface area contributed by atoms with E-state index in [1.807, 2.05) is 0 Å². The number of phenolic OH excluding ortho intramolecular Hbond substituents is 2. The van der Waals surface area contributed by atoms with E-state index in [1.165, 1.54) is 48.0 Å². The van der Waals surface area contributed by atoms with Crippen LogP contribution >= 0.6 is 34.7 Å². The van der Waals surface area contributed by atoms with Crippen molar-refractivity contribution in [2.45, 2.75) is 56.9 Å². The summed E-state index contributed by atoms with van der Waals surface area (Å²) in [5.74, 6) is -6.00. The van der Waals surface area contributed by atoms with Crippen molar-refractivity contribution in [1.29, 1.82) is 0 Å². The Balaban J connectivity index is 0.00000523. The number of anilines is 1. The smallest absolute Gasteiger partial charge is 0.546 e. The Morgan fingerprint density at radius 1 is 1.17 bits per heavy atom. The monoisotopic (exact) mass is 783 g/mol. The number of thioether (sulfide) groups is 1. The third kappa shape index (κ3) is 7.45. The maximum absolute atomic E-state index is 13.5. The van der Waals surface area contributed by atoms with Gasteiger partial charge in [0.05, 0.1) is 53.6 Å². The first kappa shape index (κ1) is 40.0. The van der Waals surface area contributed by atoms with Crippen molar-refractivity contribution in [3.8, 4) is 11.5 Å². The van der Waals surface area contributed by atoms with E-state index in [4.69, 9.17) is 22.2 Å². The molecule has 4 saturated heterocycles. The number of oxime groups is 1. The Morgan fingerprint density at radius 3 is 2.40 bits per heavy atom. The standard InChI is InChI=1S/C33H36ClN5O10S2.Na/c1-32(2,30(47)48)49-37-24(19-15-51-31(35)36-19)21(41)11-18-27(44)38-25(29(45)46)16(14-50-28(18)38)13-39-8-5-33(6-9-39,7-10-39)12-22(42)17-3-4-20(40)26(43)23(17)34;/h3-4,15,18,28H,5-14H2,1-2H3,(H5-,35,36,37,40,41,42,43,45,46,47,48);/q;+1/p-1/t18-,28-,33?,39?;/m1./s1. The number of nitrogen functional groups attached to an aromatic ring is 1. The fourth-order valence-electron chi connectivity index (χ4n) is 7.30. The molecular formula is C33H35ClN5NaO10S2. The van der Waals surface area contributed by atoms with E-state index in [-0.39, 0.29) is 86.4 Å². The molecule has 0 radical (unpaired) electrons. The average Bonchev–Trinajstić information content (AvgIpc) is 3.51. The van der Waals surface area contributed by atoms with Gasteiger partial charge in [-0.15, -0.1) is 23.1 Å². The molecule has 272 valence electrons. The first-order chi connectivity index (χ1) is 24.0. The number of carbonyl (C=O) groups is 5. The van der Waals surface area contributed by atoms with Gasteiger partial charge in [0.25, 0.3) is 0 Å². The Hall–Kier alpha value is -3.19. The molecule has 19 heteroatoms. The third-order valence-electron chi connectivity index (χ3n) is 10.4. The molecule has 15 nitrogen and oxygen atoms in total. The number of carboxylic acids is 2. The molecule has 5 aliphatic heterocycles. The van der Waals surface area contributed by atoms with E-state index in [2.05, 4.69) is 10.1 Å². The summed E-state index contributed by atoms with van der Waals surface area (Å²) in [5.41, 5.74) is 3.86. The van der Waals surface area contributed by atoms with Crippen LogP contribution in [0.4, 0.5) is 5.13 Å². The van der Waals surface area contributed by atoms with Crippen molar-refractivity contribution >= 4 is 75.0 Å². The SMILES string of the molecule is CC(C)(O/N=C(\C(=O)C[C@@H]1C(=O)N2C(C(=O)[O-])=C(C[N+]34CCC(CC(=O)c5ccc(O)c(O)c5Cl)(CC3)CC4)CS[C@H]12)c1csc(N)n1)C(=O)[O-].[Na+]. The number of carbonyl (C=O) groups excluding carboxylic acids is 5. The number of aliphatic carboxylic acids is 2. The Bertz CT molecular complexity index is 1890. The summed E-state index contributed by atoms with van der Waals surface area (Å²) in [5, 5.41) is 48.2. The Labute approximate surface area is 333 Å². The van der Waals surface area contributed by atoms with E-state index >= 15 is 0 Å². The summed E-state index contributed by atoms with van der Waals surface area (Å²) in [6, 6.07) is 2.64. The van der Waals surface area contributed by atoms with Gasteiger partial charge in [-0.05, 0) is 31.4 Å². The first-order valence-electron chi connectivity index (χ1n) is 16.2. The minimum absolute atomic E-state index is 0. The van der Waals surface area contributed by atoms with Crippen molar-refractivity contribution in [3.05, 3.63) is 45.1 Å². The minimum atomic E-state index is -1.87. The van der Waals surface area contributed by atoms with Crippen LogP contribution in [0.3, 0.4) is 0 Å². The molecule has 2 bridgehead atoms. The topological polar surface area (TPSA) is 236 Å². The number of nitrogens with two attached hydrogens (primary N) is 1. The molecule has 4 fully saturated rings. The largest absolute Gasteiger partial charge is 1.00 e. The van der Waals surface area contributed by atoms with Gasteiger partial charge in [0, 0.05) is 54.4 Å². The van der Waals surface area contributed by atoms with E-state index in [9.17, 15) is 44.4 Å². The van der Waals surface area contributed by atoms with Gasteiger partial charge in [-0.2, -0.15) is 0 Å². The molecule has 0 saturated carbocycles. The molecule has 0 unspecified atom stereocenters. The van der Waals surface area contributed by atoms with Crippen molar-refractivity contribution < 1.29 is 83.3 Å². The molecule has 7 rings (SSSR count). The number of aromatic hydroxyl groups is 2. The van der Waals surface area contributed by atoms with Crippen LogP contribution in [0.25, 0.3) is 0 Å². The number of piperidine rings is 3. The number of carboxylic acid groups (broad SMARTS) is 2. The zero-order valence-corrected chi connectivity index (χ0v) is 33.1. The van der Waals surface area contributed by atoms with E-state index < -0.39 is 52.0 Å². The second kappa shape index (κ2) is 14.9. The number of halogens is 1. The Morgan fingerprint density at radius 2 is 1.83 bits per heavy atom. The zero-order valence-electron chi connectivity index (χ0n) is 28.7. The molecule has 1 aromatic heterocycles. The van der Waals surface area contributed by atoms with Gasteiger partial charge in [0.1, 0.15) is 12.2 Å². The average molecular weight is 784 g/mol. The molecule has 0 aliphatic carbocycles. The normalized spacial score (nSPS) is 25.6. The number of β-lactam (4-membered cyclic amide) rings is 1. The maximum Gasteiger partial charge on any atom is 1.00 e. The van der Waals surface area contributed by atoms with Gasteiger partial charge in [-0.3, -0.25) is 19.3 Å². The van der Waals surface area contributed by atoms with Gasteiger partial charge < -0.3 is 45.1 Å². The number of quaternary nitrogens is 1. The number of phenols is 2. The van der Waals surface area contributed by atoms with Crippen LogP contribution in [0.1, 0.15) is 62.0 Å². The summed E-state index contributed by atoms with van der Waals surface area (Å²) in [4.78, 5) is 74.6. The van der Waals surface area contributed by atoms with Gasteiger partial charge >= 0.3 is 29.6 Å². The maximum atomic E-state index is 13.5. The van der Waals surface area contributed by atoms with Gasteiger partial charge in [-0.25, -0.2) is 4.98 Å². The fourth-order valence-corrected chi connectivity index (χ4v) is 9.52. The molecule has 2 atom stereocenters. The number of fused-ring (bicyclic) bond motifs is 4. The number of amides is 1. The molecule has 6 heterocycles. The summed E-state index contributed by atoms with van der Waals surface area (Å²) in [6.45, 7) is 4.88. The number of hydrogen-bond acceptors (Lipinski definition) is 15. The number of benzene rings is 1. The predicted molar refractivity (Wildman–Crippen MR) is 181 cm³/mol. The number of ketones is 2. The number of thiazole rings is 1. The summed E-state index contributed by atoms with van der Waals surface area (Å²) in [7, 11) is 0. The fraction of sp³-hybridized carbons (Fsp3) is 0.485. The molecule has 52 heavy (non-hydrogen) atoms. The summed E-state index contributed by atoms with van der Waals surface area (Å²) in [6.07, 6.45) is 2.02. The summed E-state index contributed by atoms with van der Waals surface area (Å²) < 4.78 is 0.608. The van der Waals surface area contributed by atoms with E-state index in [0.29, 0.717) is 42.0 Å². The number of rotatable bonds is 13. The minimum Gasteiger partial charge on any atom is -0.546 e. The number of Topliss-reactive ketones (excluding diaryl/α,β-unsaturated/α-hetero) is 2. The van der Waals surface area contributed by atoms with Crippen molar-refractivity contribution in [2.24, 2.45) is 16.5 Å². The molecule has 2 aromatic rings. The number of aromatic nitrogens is 1. The van der Waals surface area contributed by atoms with Crippen LogP contribution in [-0.2, 0) is 24.0 Å². The van der Waals surface area contributed by atoms with E-state index in [0.717, 1.165) is 30.6 Å². The van der Waals surface area contributed by atoms with Crippen LogP contribution in [0.15, 0.2) is 33.9 Å². The molecule has 5 aliphatic rings. The molecule has 1 amide bonds. The second-order valence-electron chi connectivity index (χ2n) is 14.1. The summed E-state index contributed by atoms with van der Waals surface area (Å²) >= 11 is 8.54. The molecular weight excluding hydrogens is 749 g/mol. The van der Waals surface area contributed by atoms with Crippen LogP contribution in [-0.4, -0.2) is 103 Å². The van der Waals surface area contributed by atoms with Gasteiger partial charge in [-0.1, -0.05) is 16.8 Å². The number of nitrogens with zero attached hydrogens (tertiary/aromatic N) is 4. The van der Waals surface area contributed by atoms with Crippen LogP contribution in [0.5, 0.6) is 11.5 Å². The second-order valence-corrected chi connectivity index (χ2v) is 16.5. The number of hydrogen-bond donors (Lipinski definition) is 3.